The highest BCUT2D eigenvalue weighted by Crippen LogP contribution is 2.27. The highest BCUT2D eigenvalue weighted by molar-refractivity contribution is 5.88. The Morgan fingerprint density at radius 2 is 1.83 bits per heavy atom. The second-order valence-corrected chi connectivity index (χ2v) is 11.9. The van der Waals surface area contributed by atoms with Crippen LogP contribution in [0.4, 0.5) is 9.18 Å². The number of nitrogens with zero attached hydrogens (tertiary/aromatic N) is 5. The van der Waals surface area contributed by atoms with E-state index in [2.05, 4.69) is 35.7 Å². The van der Waals surface area contributed by atoms with Crippen LogP contribution in [0.25, 0.3) is 11.0 Å². The molecule has 0 aliphatic heterocycles. The number of nitrogens with one attached hydrogen (secondary N) is 1. The van der Waals surface area contributed by atoms with Crippen LogP contribution in [0, 0.1) is 11.2 Å². The minimum atomic E-state index is -1.13. The normalized spacial score (nSPS) is 12.5. The molecule has 12 heteroatoms. The molecule has 3 rings (SSSR count). The smallest absolute Gasteiger partial charge is 0.409 e. The first-order valence-corrected chi connectivity index (χ1v) is 13.6. The van der Waals surface area contributed by atoms with E-state index < -0.39 is 23.5 Å². The Balaban J connectivity index is 1.80. The van der Waals surface area contributed by atoms with Crippen molar-refractivity contribution >= 4 is 28.8 Å². The fourth-order valence-electron chi connectivity index (χ4n) is 4.27. The molecule has 2 aromatic heterocycles. The lowest BCUT2D eigenvalue weighted by molar-refractivity contribution is -0.127. The van der Waals surface area contributed by atoms with Gasteiger partial charge in [-0.3, -0.25) is 19.0 Å². The fraction of sp³-hybridized carbons (Fsp3) is 0.467. The molecule has 226 valence electrons. The fourth-order valence-corrected chi connectivity index (χ4v) is 4.27. The number of aromatic nitrogens is 4. The third-order valence-corrected chi connectivity index (χ3v) is 6.32. The number of Topliss-reactive ketones (excluding diaryl/α,β-unsaturated/α-hetero) is 1. The van der Waals surface area contributed by atoms with Gasteiger partial charge in [0, 0.05) is 46.4 Å². The average molecular weight is 583 g/mol. The maximum absolute atomic E-state index is 14.3. The highest BCUT2D eigenvalue weighted by atomic mass is 19.1. The van der Waals surface area contributed by atoms with E-state index in [0.29, 0.717) is 29.7 Å². The van der Waals surface area contributed by atoms with Gasteiger partial charge in [0.05, 0.1) is 23.9 Å². The zero-order valence-electron chi connectivity index (χ0n) is 25.2. The molecule has 0 unspecified atom stereocenters. The number of ether oxygens (including phenoxy) is 1. The molecule has 0 saturated heterocycles. The number of H-pyrrole nitrogens is 1. The number of hydrogen-bond acceptors (Lipinski definition) is 7. The van der Waals surface area contributed by atoms with Gasteiger partial charge in [-0.1, -0.05) is 26.8 Å². The van der Waals surface area contributed by atoms with E-state index in [1.54, 1.807) is 20.2 Å². The van der Waals surface area contributed by atoms with E-state index in [0.717, 1.165) is 5.56 Å². The van der Waals surface area contributed by atoms with Crippen LogP contribution in [0.1, 0.15) is 50.6 Å². The Kier molecular flexibility index (Phi) is 10.4. The minimum absolute atomic E-state index is 0.0306. The lowest BCUT2D eigenvalue weighted by Crippen LogP contribution is -2.35. The average Bonchev–Trinajstić information content (AvgIpc) is 3.29. The van der Waals surface area contributed by atoms with Crippen LogP contribution >= 0.6 is 0 Å². The SMILES string of the molecule is CN(C)C(=O)/C=C/CC[C@H](OC(=O)N(C)C)C(=O)Cc1cncn(Cc2nc3c(CC(C)(C)C)cc(F)cc3[nH]2)c1=O. The topological polar surface area (TPSA) is 130 Å². The van der Waals surface area contributed by atoms with Crippen molar-refractivity contribution in [3.63, 3.8) is 0 Å². The van der Waals surface area contributed by atoms with E-state index in [-0.39, 0.29) is 42.1 Å². The number of imidazole rings is 1. The van der Waals surface area contributed by atoms with Crippen molar-refractivity contribution in [2.75, 3.05) is 28.2 Å². The van der Waals surface area contributed by atoms with Gasteiger partial charge in [0.2, 0.25) is 5.91 Å². The van der Waals surface area contributed by atoms with Crippen LogP contribution in [0.2, 0.25) is 0 Å². The standard InChI is InChI=1S/C30H39FN6O5/c1-30(2,3)15-19-12-21(31)14-22-27(19)34-25(33-22)17-37-18-32-16-20(28(37)40)13-23(38)24(42-29(41)36(6)7)10-8-9-11-26(39)35(4)5/h9,11-12,14,16,18,24H,8,10,13,15,17H2,1-7H3,(H,33,34)/b11-9+/t24-/m0/s1. The summed E-state index contributed by atoms with van der Waals surface area (Å²) in [6.07, 6.45) is 4.57. The van der Waals surface area contributed by atoms with Crippen molar-refractivity contribution in [2.45, 2.75) is 59.1 Å². The third kappa shape index (κ3) is 8.82. The number of ketones is 1. The van der Waals surface area contributed by atoms with E-state index in [4.69, 9.17) is 4.74 Å². The van der Waals surface area contributed by atoms with Crippen LogP contribution in [0.15, 0.2) is 41.6 Å². The van der Waals surface area contributed by atoms with E-state index in [1.807, 2.05) is 0 Å². The summed E-state index contributed by atoms with van der Waals surface area (Å²) in [5.41, 5.74) is 1.53. The first-order chi connectivity index (χ1) is 19.6. The van der Waals surface area contributed by atoms with Crippen LogP contribution < -0.4 is 5.56 Å². The maximum atomic E-state index is 14.3. The molecule has 0 aliphatic carbocycles. The molecule has 3 aromatic rings. The second-order valence-electron chi connectivity index (χ2n) is 11.9. The molecule has 0 spiro atoms. The maximum Gasteiger partial charge on any atom is 0.409 e. The number of carbonyl (C=O) groups excluding carboxylic acids is 3. The summed E-state index contributed by atoms with van der Waals surface area (Å²) in [6, 6.07) is 2.85. The highest BCUT2D eigenvalue weighted by Gasteiger charge is 2.25. The van der Waals surface area contributed by atoms with Crippen LogP contribution in [0.3, 0.4) is 0 Å². The number of allylic oxidation sites excluding steroid dienone is 1. The van der Waals surface area contributed by atoms with Crippen molar-refractivity contribution in [1.82, 2.24) is 29.3 Å². The summed E-state index contributed by atoms with van der Waals surface area (Å²) < 4.78 is 21.0. The first kappa shape index (κ1) is 32.2. The molecule has 0 bridgehead atoms. The van der Waals surface area contributed by atoms with Crippen molar-refractivity contribution < 1.29 is 23.5 Å². The first-order valence-electron chi connectivity index (χ1n) is 13.6. The van der Waals surface area contributed by atoms with Crippen molar-refractivity contribution in [3.8, 4) is 0 Å². The number of amides is 2. The number of halogens is 1. The number of hydrogen-bond donors (Lipinski definition) is 1. The molecule has 0 radical (unpaired) electrons. The predicted molar refractivity (Wildman–Crippen MR) is 157 cm³/mol. The molecule has 2 amide bonds. The summed E-state index contributed by atoms with van der Waals surface area (Å²) >= 11 is 0. The summed E-state index contributed by atoms with van der Waals surface area (Å²) in [4.78, 5) is 65.0. The van der Waals surface area contributed by atoms with E-state index in [9.17, 15) is 23.6 Å². The van der Waals surface area contributed by atoms with Crippen molar-refractivity contribution in [1.29, 1.82) is 0 Å². The Morgan fingerprint density at radius 1 is 1.12 bits per heavy atom. The Bertz CT molecular complexity index is 1530. The molecule has 1 N–H and O–H groups in total. The van der Waals surface area contributed by atoms with Gasteiger partial charge in [-0.15, -0.1) is 0 Å². The summed E-state index contributed by atoms with van der Waals surface area (Å²) in [7, 11) is 6.24. The van der Waals surface area contributed by atoms with Gasteiger partial charge < -0.3 is 19.5 Å². The summed E-state index contributed by atoms with van der Waals surface area (Å²) in [5, 5.41) is 0. The minimum Gasteiger partial charge on any atom is -0.438 e. The van der Waals surface area contributed by atoms with Gasteiger partial charge in [-0.05, 0) is 48.4 Å². The summed E-state index contributed by atoms with van der Waals surface area (Å²) in [5.74, 6) is -0.616. The van der Waals surface area contributed by atoms with Gasteiger partial charge in [0.15, 0.2) is 11.9 Å². The van der Waals surface area contributed by atoms with Crippen molar-refractivity contribution in [2.24, 2.45) is 5.41 Å². The lowest BCUT2D eigenvalue weighted by Gasteiger charge is -2.19. The Hall–Kier alpha value is -4.35. The van der Waals surface area contributed by atoms with Gasteiger partial charge in [-0.2, -0.15) is 0 Å². The molecule has 1 atom stereocenters. The molecule has 0 saturated carbocycles. The molecular weight excluding hydrogens is 543 g/mol. The Labute approximate surface area is 244 Å². The van der Waals surface area contributed by atoms with Crippen LogP contribution in [0.5, 0.6) is 0 Å². The van der Waals surface area contributed by atoms with Crippen LogP contribution in [-0.4, -0.2) is 81.4 Å². The second kappa shape index (κ2) is 13.5. The van der Waals surface area contributed by atoms with E-state index >= 15 is 0 Å². The number of rotatable bonds is 11. The third-order valence-electron chi connectivity index (χ3n) is 6.32. The number of likely N-dealkylation sites (N-methyl/N-ethyl adjacent to an activating group) is 1. The Morgan fingerprint density at radius 3 is 2.48 bits per heavy atom. The molecule has 1 aromatic carbocycles. The monoisotopic (exact) mass is 582 g/mol. The molecule has 2 heterocycles. The lowest BCUT2D eigenvalue weighted by atomic mass is 9.87. The van der Waals surface area contributed by atoms with Crippen LogP contribution in [-0.2, 0) is 33.7 Å². The zero-order valence-corrected chi connectivity index (χ0v) is 25.2. The number of carbonyl (C=O) groups is 3. The number of fused-ring (bicyclic) bond motifs is 1. The number of aromatic amines is 1. The van der Waals surface area contributed by atoms with Gasteiger partial charge >= 0.3 is 6.09 Å². The molecule has 0 aliphatic rings. The predicted octanol–water partition coefficient (Wildman–Crippen LogP) is 3.50. The van der Waals surface area contributed by atoms with Crippen molar-refractivity contribution in [3.05, 3.63) is 69.9 Å². The number of benzene rings is 1. The van der Waals surface area contributed by atoms with Gasteiger partial charge in [0.1, 0.15) is 11.6 Å². The van der Waals surface area contributed by atoms with E-state index in [1.165, 1.54) is 59.2 Å². The summed E-state index contributed by atoms with van der Waals surface area (Å²) in [6.45, 7) is 6.21. The molecule has 42 heavy (non-hydrogen) atoms. The molecular formula is C30H39FN6O5. The van der Waals surface area contributed by atoms with Gasteiger partial charge in [0.25, 0.3) is 5.56 Å². The van der Waals surface area contributed by atoms with Gasteiger partial charge in [-0.25, -0.2) is 19.2 Å². The quantitative estimate of drug-likeness (QED) is 0.343. The largest absolute Gasteiger partial charge is 0.438 e. The molecule has 11 nitrogen and oxygen atoms in total. The zero-order chi connectivity index (χ0) is 31.2. The molecule has 0 fully saturated rings.